The van der Waals surface area contributed by atoms with E-state index in [2.05, 4.69) is 65.7 Å². The fourth-order valence-corrected chi connectivity index (χ4v) is 3.03. The fourth-order valence-electron chi connectivity index (χ4n) is 2.24. The van der Waals surface area contributed by atoms with Crippen LogP contribution in [0.4, 0.5) is 0 Å². The lowest BCUT2D eigenvalue weighted by atomic mass is 10.1. The highest BCUT2D eigenvalue weighted by molar-refractivity contribution is 14.0. The number of aliphatic imine (C=N–C) groups is 1. The van der Waals surface area contributed by atoms with Crippen LogP contribution in [0.25, 0.3) is 0 Å². The number of likely N-dealkylation sites (N-methyl/N-ethyl adjacent to an activating group) is 1. The zero-order valence-corrected chi connectivity index (χ0v) is 17.6. The lowest BCUT2D eigenvalue weighted by molar-refractivity contribution is 0.237. The van der Waals surface area contributed by atoms with Gasteiger partial charge in [0, 0.05) is 43.5 Å². The van der Waals surface area contributed by atoms with Crippen molar-refractivity contribution >= 4 is 41.3 Å². The molecule has 0 saturated carbocycles. The van der Waals surface area contributed by atoms with Crippen LogP contribution in [0.2, 0.25) is 0 Å². The maximum Gasteiger partial charge on any atom is 0.191 e. The second-order valence-electron chi connectivity index (χ2n) is 5.52. The highest BCUT2D eigenvalue weighted by atomic mass is 127. The predicted molar refractivity (Wildman–Crippen MR) is 110 cm³/mol. The molecule has 4 nitrogen and oxygen atoms in total. The summed E-state index contributed by atoms with van der Waals surface area (Å²) in [5.41, 5.74) is 0. The molecule has 1 rings (SSSR count). The van der Waals surface area contributed by atoms with E-state index >= 15 is 0 Å². The van der Waals surface area contributed by atoms with Crippen molar-refractivity contribution in [3.8, 4) is 0 Å². The molecule has 0 spiro atoms. The molecule has 0 radical (unpaired) electrons. The van der Waals surface area contributed by atoms with Crippen LogP contribution >= 0.6 is 35.3 Å². The molecule has 1 atom stereocenters. The lowest BCUT2D eigenvalue weighted by Crippen LogP contribution is -2.43. The van der Waals surface area contributed by atoms with Gasteiger partial charge in [0.05, 0.1) is 0 Å². The minimum absolute atomic E-state index is 0. The summed E-state index contributed by atoms with van der Waals surface area (Å²) in [4.78, 5) is 8.14. The Kier molecular flexibility index (Phi) is 11.9. The number of guanidine groups is 1. The number of nitrogens with zero attached hydrogens (tertiary/aromatic N) is 2. The summed E-state index contributed by atoms with van der Waals surface area (Å²) in [5.74, 6) is 1.39. The van der Waals surface area contributed by atoms with Gasteiger partial charge in [0.15, 0.2) is 5.96 Å². The zero-order chi connectivity index (χ0) is 15.7. The van der Waals surface area contributed by atoms with Gasteiger partial charge in [0.1, 0.15) is 0 Å². The quantitative estimate of drug-likeness (QED) is 0.372. The summed E-state index contributed by atoms with van der Waals surface area (Å²) in [6, 6.07) is 4.88. The van der Waals surface area contributed by atoms with Gasteiger partial charge >= 0.3 is 0 Å². The topological polar surface area (TPSA) is 39.7 Å². The van der Waals surface area contributed by atoms with E-state index in [0.29, 0.717) is 12.0 Å². The average molecular weight is 438 g/mol. The van der Waals surface area contributed by atoms with Gasteiger partial charge < -0.3 is 10.6 Å². The summed E-state index contributed by atoms with van der Waals surface area (Å²) in [6.07, 6.45) is 0. The molecule has 0 saturated heterocycles. The van der Waals surface area contributed by atoms with E-state index in [4.69, 9.17) is 0 Å². The molecule has 2 N–H and O–H groups in total. The zero-order valence-electron chi connectivity index (χ0n) is 14.4. The first-order valence-corrected chi connectivity index (χ1v) is 8.68. The second kappa shape index (κ2) is 12.1. The van der Waals surface area contributed by atoms with E-state index in [9.17, 15) is 0 Å². The molecule has 0 aliphatic heterocycles. The van der Waals surface area contributed by atoms with Crippen LogP contribution in [0, 0.1) is 0 Å². The first-order chi connectivity index (χ1) is 10.1. The molecule has 0 fully saturated rings. The normalized spacial score (nSPS) is 13.1. The Morgan fingerprint density at radius 1 is 1.32 bits per heavy atom. The van der Waals surface area contributed by atoms with Crippen LogP contribution in [0.3, 0.4) is 0 Å². The lowest BCUT2D eigenvalue weighted by Gasteiger charge is -2.25. The first-order valence-electron chi connectivity index (χ1n) is 7.80. The van der Waals surface area contributed by atoms with Crippen molar-refractivity contribution in [3.63, 3.8) is 0 Å². The number of thiophene rings is 1. The summed E-state index contributed by atoms with van der Waals surface area (Å²) in [5, 5.41) is 8.92. The number of nitrogens with one attached hydrogen (secondary N) is 2. The van der Waals surface area contributed by atoms with Gasteiger partial charge in [-0.25, -0.2) is 0 Å². The molecule has 6 heteroatoms. The third-order valence-corrected chi connectivity index (χ3v) is 4.76. The van der Waals surface area contributed by atoms with Crippen LogP contribution in [0.15, 0.2) is 22.5 Å². The molecular formula is C16H31IN4S. The smallest absolute Gasteiger partial charge is 0.191 e. The van der Waals surface area contributed by atoms with E-state index < -0.39 is 0 Å². The van der Waals surface area contributed by atoms with Gasteiger partial charge in [-0.2, -0.15) is 0 Å². The Hall–Kier alpha value is -0.340. The summed E-state index contributed by atoms with van der Waals surface area (Å²) >= 11 is 1.81. The Morgan fingerprint density at radius 3 is 2.55 bits per heavy atom. The van der Waals surface area contributed by atoms with E-state index in [1.54, 1.807) is 0 Å². The maximum atomic E-state index is 4.29. The third kappa shape index (κ3) is 7.78. The van der Waals surface area contributed by atoms with Crippen molar-refractivity contribution in [2.75, 3.05) is 33.2 Å². The molecule has 0 aromatic carbocycles. The van der Waals surface area contributed by atoms with E-state index in [0.717, 1.165) is 32.1 Å². The van der Waals surface area contributed by atoms with Crippen LogP contribution in [-0.4, -0.2) is 50.1 Å². The molecule has 0 amide bonds. The third-order valence-electron chi connectivity index (χ3n) is 3.66. The Bertz CT molecular complexity index is 406. The summed E-state index contributed by atoms with van der Waals surface area (Å²) in [7, 11) is 1.82. The van der Waals surface area contributed by atoms with E-state index in [-0.39, 0.29) is 24.0 Å². The Labute approximate surface area is 156 Å². The van der Waals surface area contributed by atoms with E-state index in [1.807, 2.05) is 18.4 Å². The molecule has 1 aromatic heterocycles. The van der Waals surface area contributed by atoms with Crippen LogP contribution in [0.5, 0.6) is 0 Å². The molecule has 22 heavy (non-hydrogen) atoms. The highest BCUT2D eigenvalue weighted by Gasteiger charge is 2.09. The van der Waals surface area contributed by atoms with E-state index in [1.165, 1.54) is 4.88 Å². The summed E-state index contributed by atoms with van der Waals surface area (Å²) in [6.45, 7) is 12.9. The second-order valence-corrected chi connectivity index (χ2v) is 6.50. The molecule has 1 aromatic rings. The molecule has 128 valence electrons. The molecule has 0 bridgehead atoms. The highest BCUT2D eigenvalue weighted by Crippen LogP contribution is 2.19. The van der Waals surface area contributed by atoms with Gasteiger partial charge in [-0.1, -0.05) is 19.9 Å². The maximum absolute atomic E-state index is 4.29. The number of halogens is 1. The molecule has 1 heterocycles. The van der Waals surface area contributed by atoms with Gasteiger partial charge in [-0.15, -0.1) is 35.3 Å². The van der Waals surface area contributed by atoms with Crippen LogP contribution < -0.4 is 10.6 Å². The Balaban J connectivity index is 0.00000441. The molecule has 0 aliphatic carbocycles. The van der Waals surface area contributed by atoms with Crippen molar-refractivity contribution in [3.05, 3.63) is 22.4 Å². The predicted octanol–water partition coefficient (Wildman–Crippen LogP) is 3.36. The van der Waals surface area contributed by atoms with Gasteiger partial charge in [-0.05, 0) is 31.8 Å². The largest absolute Gasteiger partial charge is 0.356 e. The standard InChI is InChI=1S/C16H30N4S.HI/c1-6-20(13(2)3)10-9-18-16(17-5)19-12-14(4)15-8-7-11-21-15;/h7-8,11,13-14H,6,9-10,12H2,1-5H3,(H2,17,18,19);1H. The Morgan fingerprint density at radius 2 is 2.05 bits per heavy atom. The molecule has 0 aliphatic rings. The first kappa shape index (κ1) is 21.7. The summed E-state index contributed by atoms with van der Waals surface area (Å²) < 4.78 is 0. The number of hydrogen-bond donors (Lipinski definition) is 2. The van der Waals surface area contributed by atoms with Crippen molar-refractivity contribution < 1.29 is 0 Å². The average Bonchev–Trinajstić information content (AvgIpc) is 3.00. The SMILES string of the molecule is CCN(CCNC(=NC)NCC(C)c1cccs1)C(C)C.I. The monoisotopic (exact) mass is 438 g/mol. The van der Waals surface area contributed by atoms with Gasteiger partial charge in [0.2, 0.25) is 0 Å². The van der Waals surface area contributed by atoms with Gasteiger partial charge in [0.25, 0.3) is 0 Å². The number of rotatable bonds is 8. The van der Waals surface area contributed by atoms with Crippen LogP contribution in [0.1, 0.15) is 38.5 Å². The molecular weight excluding hydrogens is 407 g/mol. The van der Waals surface area contributed by atoms with Crippen molar-refractivity contribution in [1.29, 1.82) is 0 Å². The van der Waals surface area contributed by atoms with Crippen molar-refractivity contribution in [2.24, 2.45) is 4.99 Å². The minimum atomic E-state index is 0. The van der Waals surface area contributed by atoms with Gasteiger partial charge in [-0.3, -0.25) is 9.89 Å². The van der Waals surface area contributed by atoms with Crippen molar-refractivity contribution in [2.45, 2.75) is 39.7 Å². The number of hydrogen-bond acceptors (Lipinski definition) is 3. The van der Waals surface area contributed by atoms with Crippen molar-refractivity contribution in [1.82, 2.24) is 15.5 Å². The van der Waals surface area contributed by atoms with Crippen LogP contribution in [-0.2, 0) is 0 Å². The minimum Gasteiger partial charge on any atom is -0.356 e. The fraction of sp³-hybridized carbons (Fsp3) is 0.688. The molecule has 1 unspecified atom stereocenters.